The van der Waals surface area contributed by atoms with Crippen molar-refractivity contribution < 1.29 is 19.5 Å². The highest BCUT2D eigenvalue weighted by Crippen LogP contribution is 2.38. The Morgan fingerprint density at radius 3 is 2.38 bits per heavy atom. The maximum absolute atomic E-state index is 11.4. The number of nitrogens with zero attached hydrogens (tertiary/aromatic N) is 1. The highest BCUT2D eigenvalue weighted by molar-refractivity contribution is 9.10. The Morgan fingerprint density at radius 1 is 1.29 bits per heavy atom. The van der Waals surface area contributed by atoms with Crippen LogP contribution in [0.5, 0.6) is 0 Å². The average molecular weight is 357 g/mol. The van der Waals surface area contributed by atoms with Gasteiger partial charge in [0.15, 0.2) is 6.10 Å². The maximum atomic E-state index is 11.4. The van der Waals surface area contributed by atoms with E-state index < -0.39 is 23.8 Å². The molecule has 0 bridgehead atoms. The van der Waals surface area contributed by atoms with Gasteiger partial charge in [-0.1, -0.05) is 0 Å². The van der Waals surface area contributed by atoms with Gasteiger partial charge in [0.05, 0.1) is 18.8 Å². The van der Waals surface area contributed by atoms with E-state index in [2.05, 4.69) is 21.2 Å². The van der Waals surface area contributed by atoms with Crippen molar-refractivity contribution in [1.82, 2.24) is 0 Å². The summed E-state index contributed by atoms with van der Waals surface area (Å²) in [4.78, 5) is 35.1. The van der Waals surface area contributed by atoms with Gasteiger partial charge < -0.3 is 26.8 Å². The molecule has 8 nitrogen and oxygen atoms in total. The van der Waals surface area contributed by atoms with Crippen LogP contribution >= 0.6 is 15.9 Å². The zero-order chi connectivity index (χ0) is 15.7. The summed E-state index contributed by atoms with van der Waals surface area (Å²) in [5, 5.41) is 12.2. The third kappa shape index (κ3) is 3.14. The molecule has 1 aliphatic rings. The summed E-state index contributed by atoms with van der Waals surface area (Å²) in [6.45, 7) is -0.423. The van der Waals surface area contributed by atoms with E-state index in [1.165, 1.54) is 4.90 Å². The molecule has 9 heteroatoms. The zero-order valence-corrected chi connectivity index (χ0v) is 12.4. The molecule has 1 aromatic rings. The summed E-state index contributed by atoms with van der Waals surface area (Å²) in [5.74, 6) is -1.80. The number of hydrogen-bond acceptors (Lipinski definition) is 5. The normalized spacial score (nSPS) is 16.3. The molecule has 21 heavy (non-hydrogen) atoms. The third-order valence-corrected chi connectivity index (χ3v) is 3.59. The Labute approximate surface area is 128 Å². The highest BCUT2D eigenvalue weighted by atomic mass is 79.9. The van der Waals surface area contributed by atoms with Crippen LogP contribution in [0.3, 0.4) is 0 Å². The van der Waals surface area contributed by atoms with Crippen LogP contribution < -0.4 is 21.7 Å². The quantitative estimate of drug-likeness (QED) is 0.547. The minimum atomic E-state index is -1.24. The number of nitrogens with one attached hydrogen (secondary N) is 1. The van der Waals surface area contributed by atoms with Crippen molar-refractivity contribution >= 4 is 45.0 Å². The molecule has 1 unspecified atom stereocenters. The van der Waals surface area contributed by atoms with Gasteiger partial charge in [0.25, 0.3) is 5.91 Å². The third-order valence-electron chi connectivity index (χ3n) is 2.95. The first-order valence-corrected chi connectivity index (χ1v) is 6.73. The number of carbonyl (C=O) groups excluding carboxylic acids is 3. The van der Waals surface area contributed by atoms with Gasteiger partial charge in [-0.05, 0) is 28.1 Å². The summed E-state index contributed by atoms with van der Waals surface area (Å²) < 4.78 is 0.499. The SMILES string of the molecule is NC(=O)CN(CC(N)=O)c1cc2c(cc1Br)C(O)C(=O)N2. The van der Waals surface area contributed by atoms with Crippen molar-refractivity contribution in [3.05, 3.63) is 22.2 Å². The van der Waals surface area contributed by atoms with Gasteiger partial charge in [-0.3, -0.25) is 14.4 Å². The summed E-state index contributed by atoms with van der Waals surface area (Å²) in [6.07, 6.45) is -1.24. The number of nitrogens with two attached hydrogens (primary N) is 2. The predicted octanol–water partition coefficient (Wildman–Crippen LogP) is -0.788. The number of primary amides is 2. The Hall–Kier alpha value is -2.13. The molecule has 1 aliphatic heterocycles. The van der Waals surface area contributed by atoms with Crippen LogP contribution in [0.15, 0.2) is 16.6 Å². The molecule has 2 rings (SSSR count). The summed E-state index contributed by atoms with van der Waals surface area (Å²) >= 11 is 3.28. The maximum Gasteiger partial charge on any atom is 0.257 e. The fraction of sp³-hybridized carbons (Fsp3) is 0.250. The number of anilines is 2. The number of fused-ring (bicyclic) bond motifs is 1. The molecule has 0 saturated carbocycles. The van der Waals surface area contributed by atoms with Crippen molar-refractivity contribution in [3.63, 3.8) is 0 Å². The molecular formula is C12H13BrN4O4. The number of carbonyl (C=O) groups is 3. The number of hydrogen-bond donors (Lipinski definition) is 4. The van der Waals surface area contributed by atoms with Crippen LogP contribution in [-0.4, -0.2) is 35.9 Å². The summed E-state index contributed by atoms with van der Waals surface area (Å²) in [6, 6.07) is 3.08. The molecule has 1 atom stereocenters. The van der Waals surface area contributed by atoms with E-state index in [-0.39, 0.29) is 13.1 Å². The lowest BCUT2D eigenvalue weighted by atomic mass is 10.1. The molecule has 1 heterocycles. The smallest absolute Gasteiger partial charge is 0.257 e. The van der Waals surface area contributed by atoms with Gasteiger partial charge >= 0.3 is 0 Å². The van der Waals surface area contributed by atoms with Crippen molar-refractivity contribution in [2.24, 2.45) is 11.5 Å². The number of aliphatic hydroxyl groups is 1. The van der Waals surface area contributed by atoms with Crippen molar-refractivity contribution in [1.29, 1.82) is 0 Å². The first kappa shape index (κ1) is 15.3. The number of aliphatic hydroxyl groups excluding tert-OH is 1. The van der Waals surface area contributed by atoms with Gasteiger partial charge in [-0.2, -0.15) is 0 Å². The van der Waals surface area contributed by atoms with Crippen molar-refractivity contribution in [2.45, 2.75) is 6.10 Å². The first-order valence-electron chi connectivity index (χ1n) is 5.93. The molecule has 0 saturated heterocycles. The standard InChI is InChI=1S/C12H13BrN4O4/c13-6-1-5-7(16-12(21)11(5)20)2-8(6)17(3-9(14)18)4-10(15)19/h1-2,11,20H,3-4H2,(H2,14,18)(H2,15,19)(H,16,21). The highest BCUT2D eigenvalue weighted by Gasteiger charge is 2.30. The average Bonchev–Trinajstić information content (AvgIpc) is 2.63. The van der Waals surface area contributed by atoms with Gasteiger partial charge in [0.2, 0.25) is 11.8 Å². The lowest BCUT2D eigenvalue weighted by molar-refractivity contribution is -0.123. The largest absolute Gasteiger partial charge is 0.378 e. The van der Waals surface area contributed by atoms with Crippen LogP contribution in [0.25, 0.3) is 0 Å². The van der Waals surface area contributed by atoms with E-state index in [4.69, 9.17) is 11.5 Å². The van der Waals surface area contributed by atoms with Crippen LogP contribution in [-0.2, 0) is 14.4 Å². The van der Waals surface area contributed by atoms with Crippen molar-refractivity contribution in [3.8, 4) is 0 Å². The fourth-order valence-corrected chi connectivity index (χ4v) is 2.71. The topological polar surface area (TPSA) is 139 Å². The Balaban J connectivity index is 2.42. The van der Waals surface area contributed by atoms with Crippen LogP contribution in [0.1, 0.15) is 11.7 Å². The minimum Gasteiger partial charge on any atom is -0.378 e. The predicted molar refractivity (Wildman–Crippen MR) is 78.3 cm³/mol. The number of rotatable bonds is 5. The van der Waals surface area contributed by atoms with E-state index in [0.717, 1.165) is 0 Å². The van der Waals surface area contributed by atoms with E-state index in [1.807, 2.05) is 0 Å². The second-order valence-electron chi connectivity index (χ2n) is 4.57. The van der Waals surface area contributed by atoms with E-state index >= 15 is 0 Å². The molecule has 0 radical (unpaired) electrons. The fourth-order valence-electron chi connectivity index (χ4n) is 2.10. The lowest BCUT2D eigenvalue weighted by Gasteiger charge is -2.23. The van der Waals surface area contributed by atoms with Crippen LogP contribution in [0.2, 0.25) is 0 Å². The van der Waals surface area contributed by atoms with Gasteiger partial charge in [-0.15, -0.1) is 0 Å². The van der Waals surface area contributed by atoms with Gasteiger partial charge in [0.1, 0.15) is 0 Å². The Bertz CT molecular complexity index is 618. The van der Waals surface area contributed by atoms with Crippen LogP contribution in [0.4, 0.5) is 11.4 Å². The molecular weight excluding hydrogens is 344 g/mol. The molecule has 6 N–H and O–H groups in total. The minimum absolute atomic E-state index is 0.211. The lowest BCUT2D eigenvalue weighted by Crippen LogP contribution is -2.39. The Kier molecular flexibility index (Phi) is 4.14. The van der Waals surface area contributed by atoms with Crippen LogP contribution in [0, 0.1) is 0 Å². The Morgan fingerprint density at radius 2 is 1.86 bits per heavy atom. The van der Waals surface area contributed by atoms with E-state index in [0.29, 0.717) is 21.4 Å². The number of benzene rings is 1. The summed E-state index contributed by atoms with van der Waals surface area (Å²) in [7, 11) is 0. The second kappa shape index (κ2) is 5.70. The molecule has 112 valence electrons. The molecule has 0 aliphatic carbocycles. The molecule has 3 amide bonds. The summed E-state index contributed by atoms with van der Waals surface area (Å²) in [5.41, 5.74) is 11.6. The molecule has 0 fully saturated rings. The van der Waals surface area contributed by atoms with E-state index in [9.17, 15) is 19.5 Å². The van der Waals surface area contributed by atoms with Gasteiger partial charge in [0, 0.05) is 15.7 Å². The molecule has 0 spiro atoms. The zero-order valence-electron chi connectivity index (χ0n) is 10.8. The second-order valence-corrected chi connectivity index (χ2v) is 5.43. The first-order chi connectivity index (χ1) is 9.79. The van der Waals surface area contributed by atoms with E-state index in [1.54, 1.807) is 12.1 Å². The number of halogens is 1. The molecule has 1 aromatic carbocycles. The number of amides is 3. The van der Waals surface area contributed by atoms with Gasteiger partial charge in [-0.25, -0.2) is 0 Å². The monoisotopic (exact) mass is 356 g/mol. The molecule has 0 aromatic heterocycles. The van der Waals surface area contributed by atoms with Crippen molar-refractivity contribution in [2.75, 3.05) is 23.3 Å².